The van der Waals surface area contributed by atoms with Crippen molar-refractivity contribution in [2.45, 2.75) is 20.3 Å². The van der Waals surface area contributed by atoms with Crippen molar-refractivity contribution in [2.24, 2.45) is 5.92 Å². The Hall–Kier alpha value is -1.14. The van der Waals surface area contributed by atoms with Crippen LogP contribution in [0.5, 0.6) is 0 Å². The molecule has 0 saturated heterocycles. The highest BCUT2D eigenvalue weighted by atomic mass is 35.5. The van der Waals surface area contributed by atoms with Crippen LogP contribution < -0.4 is 4.90 Å². The summed E-state index contributed by atoms with van der Waals surface area (Å²) in [5, 5.41) is 12.0. The van der Waals surface area contributed by atoms with Crippen LogP contribution in [0, 0.1) is 16.0 Å². The summed E-state index contributed by atoms with van der Waals surface area (Å²) in [6.45, 7) is 3.88. The topological polar surface area (TPSA) is 59.3 Å². The molecule has 0 atom stereocenters. The van der Waals surface area contributed by atoms with Gasteiger partial charge in [0, 0.05) is 26.6 Å². The molecule has 1 aromatic rings. The first-order valence-corrected chi connectivity index (χ1v) is 6.69. The molecule has 100 valence electrons. The van der Waals surface area contributed by atoms with Gasteiger partial charge in [-0.1, -0.05) is 36.8 Å². The number of hydrogen-bond acceptors (Lipinski definition) is 5. The van der Waals surface area contributed by atoms with Crippen molar-refractivity contribution >= 4 is 34.1 Å². The molecule has 0 amide bonds. The quantitative estimate of drug-likeness (QED) is 0.614. The molecule has 0 N–H and O–H groups in total. The van der Waals surface area contributed by atoms with E-state index in [9.17, 15) is 10.1 Å². The van der Waals surface area contributed by atoms with E-state index in [-0.39, 0.29) is 16.5 Å². The molecule has 5 nitrogen and oxygen atoms in total. The monoisotopic (exact) mass is 289 g/mol. The third kappa shape index (κ3) is 3.96. The summed E-state index contributed by atoms with van der Waals surface area (Å²) in [5.41, 5.74) is 0.167. The highest BCUT2D eigenvalue weighted by molar-refractivity contribution is 7.17. The van der Waals surface area contributed by atoms with Crippen LogP contribution in [-0.2, 0) is 0 Å². The Labute approximate surface area is 115 Å². The molecular weight excluding hydrogens is 274 g/mol. The van der Waals surface area contributed by atoms with Crippen LogP contribution >= 0.6 is 22.9 Å². The van der Waals surface area contributed by atoms with Crippen molar-refractivity contribution in [1.29, 1.82) is 0 Å². The second kappa shape index (κ2) is 6.15. The fourth-order valence-electron chi connectivity index (χ4n) is 1.34. The molecule has 1 aromatic heterocycles. The fraction of sp³-hybridized carbons (Fsp3) is 0.545. The summed E-state index contributed by atoms with van der Waals surface area (Å²) < 4.78 is 0. The highest BCUT2D eigenvalue weighted by Gasteiger charge is 2.16. The summed E-state index contributed by atoms with van der Waals surface area (Å²) in [5.74, 6) is 0.224. The van der Waals surface area contributed by atoms with Crippen molar-refractivity contribution in [1.82, 2.24) is 4.98 Å². The van der Waals surface area contributed by atoms with Crippen LogP contribution in [0.3, 0.4) is 0 Å². The third-order valence-electron chi connectivity index (χ3n) is 2.13. The van der Waals surface area contributed by atoms with Crippen LogP contribution in [0.25, 0.3) is 6.08 Å². The van der Waals surface area contributed by atoms with Gasteiger partial charge in [-0.15, -0.1) is 0 Å². The van der Waals surface area contributed by atoms with Crippen LogP contribution in [0.15, 0.2) is 5.70 Å². The van der Waals surface area contributed by atoms with Gasteiger partial charge in [-0.05, 0) is 5.92 Å². The molecular formula is C11H16ClN3O2S. The lowest BCUT2D eigenvalue weighted by atomic mass is 10.1. The van der Waals surface area contributed by atoms with E-state index in [1.54, 1.807) is 0 Å². The Morgan fingerprint density at radius 3 is 2.61 bits per heavy atom. The average molecular weight is 290 g/mol. The van der Waals surface area contributed by atoms with E-state index in [2.05, 4.69) is 4.98 Å². The Morgan fingerprint density at radius 1 is 1.61 bits per heavy atom. The summed E-state index contributed by atoms with van der Waals surface area (Å²) >= 11 is 7.32. The van der Waals surface area contributed by atoms with Gasteiger partial charge in [0.2, 0.25) is 5.70 Å². The average Bonchev–Trinajstić information content (AvgIpc) is 2.58. The van der Waals surface area contributed by atoms with Crippen molar-refractivity contribution in [3.63, 3.8) is 0 Å². The highest BCUT2D eigenvalue weighted by Crippen LogP contribution is 2.31. The number of anilines is 1. The van der Waals surface area contributed by atoms with Gasteiger partial charge in [-0.3, -0.25) is 10.1 Å². The third-order valence-corrected chi connectivity index (χ3v) is 3.70. The van der Waals surface area contributed by atoms with Gasteiger partial charge in [0.25, 0.3) is 0 Å². The minimum absolute atomic E-state index is 0.167. The molecule has 0 fully saturated rings. The van der Waals surface area contributed by atoms with E-state index in [4.69, 9.17) is 11.6 Å². The van der Waals surface area contributed by atoms with Crippen LogP contribution in [0.1, 0.15) is 25.1 Å². The molecule has 0 spiro atoms. The first-order valence-electron chi connectivity index (χ1n) is 5.50. The Balaban J connectivity index is 3.07. The van der Waals surface area contributed by atoms with E-state index < -0.39 is 0 Å². The molecule has 0 saturated carbocycles. The van der Waals surface area contributed by atoms with Gasteiger partial charge in [0.05, 0.1) is 9.80 Å². The van der Waals surface area contributed by atoms with Gasteiger partial charge in [0.15, 0.2) is 5.13 Å². The molecule has 0 aliphatic heterocycles. The molecule has 0 unspecified atom stereocenters. The zero-order valence-corrected chi connectivity index (χ0v) is 12.4. The van der Waals surface area contributed by atoms with E-state index in [0.29, 0.717) is 16.5 Å². The van der Waals surface area contributed by atoms with E-state index in [1.165, 1.54) is 17.4 Å². The number of thiazole rings is 1. The number of nitrogens with zero attached hydrogens (tertiary/aromatic N) is 3. The molecule has 7 heteroatoms. The zero-order chi connectivity index (χ0) is 13.9. The van der Waals surface area contributed by atoms with Crippen LogP contribution in [-0.4, -0.2) is 24.0 Å². The van der Waals surface area contributed by atoms with Gasteiger partial charge in [-0.2, -0.15) is 0 Å². The number of aromatic nitrogens is 1. The maximum atomic E-state index is 11.0. The molecule has 0 aliphatic carbocycles. The largest absolute Gasteiger partial charge is 0.354 e. The standard InChI is InChI=1S/C11H16ClN3O2S/c1-7(2)5-8(15(16)17)6-9-10(12)13-11(18-9)14(3)4/h6-7H,5H2,1-4H3. The second-order valence-corrected chi connectivity index (χ2v) is 5.90. The minimum atomic E-state index is -0.356. The number of rotatable bonds is 5. The maximum absolute atomic E-state index is 11.0. The molecule has 1 heterocycles. The van der Waals surface area contributed by atoms with Crippen LogP contribution in [0.2, 0.25) is 5.15 Å². The van der Waals surface area contributed by atoms with Crippen molar-refractivity contribution in [3.8, 4) is 0 Å². The van der Waals surface area contributed by atoms with Crippen molar-refractivity contribution in [2.75, 3.05) is 19.0 Å². The summed E-state index contributed by atoms with van der Waals surface area (Å²) in [6.07, 6.45) is 1.94. The normalized spacial score (nSPS) is 12.0. The Morgan fingerprint density at radius 2 is 2.22 bits per heavy atom. The van der Waals surface area contributed by atoms with Gasteiger partial charge < -0.3 is 4.90 Å². The van der Waals surface area contributed by atoms with Crippen molar-refractivity contribution < 1.29 is 4.92 Å². The number of allylic oxidation sites excluding steroid dienone is 1. The lowest BCUT2D eigenvalue weighted by molar-refractivity contribution is -0.427. The molecule has 0 radical (unpaired) electrons. The second-order valence-electron chi connectivity index (χ2n) is 4.54. The van der Waals surface area contributed by atoms with E-state index in [1.807, 2.05) is 32.8 Å². The first kappa shape index (κ1) is 14.9. The first-order chi connectivity index (χ1) is 8.31. The zero-order valence-electron chi connectivity index (χ0n) is 10.8. The van der Waals surface area contributed by atoms with Crippen LogP contribution in [0.4, 0.5) is 5.13 Å². The van der Waals surface area contributed by atoms with Crippen molar-refractivity contribution in [3.05, 3.63) is 25.8 Å². The molecule has 0 bridgehead atoms. The molecule has 1 rings (SSSR count). The lowest BCUT2D eigenvalue weighted by Crippen LogP contribution is -2.07. The maximum Gasteiger partial charge on any atom is 0.248 e. The molecule has 18 heavy (non-hydrogen) atoms. The number of nitro groups is 1. The predicted molar refractivity (Wildman–Crippen MR) is 75.9 cm³/mol. The fourth-order valence-corrected chi connectivity index (χ4v) is 2.48. The summed E-state index contributed by atoms with van der Waals surface area (Å²) in [7, 11) is 3.70. The number of halogens is 1. The summed E-state index contributed by atoms with van der Waals surface area (Å²) in [4.78, 5) is 17.2. The predicted octanol–water partition coefficient (Wildman–Crippen LogP) is 3.53. The SMILES string of the molecule is CC(C)CC(=Cc1sc(N(C)C)nc1Cl)[N+](=O)[O-]. The Kier molecular flexibility index (Phi) is 5.10. The molecule has 0 aromatic carbocycles. The smallest absolute Gasteiger partial charge is 0.248 e. The number of hydrogen-bond donors (Lipinski definition) is 0. The minimum Gasteiger partial charge on any atom is -0.354 e. The molecule has 0 aliphatic rings. The van der Waals surface area contributed by atoms with Gasteiger partial charge in [-0.25, -0.2) is 4.98 Å². The van der Waals surface area contributed by atoms with Gasteiger partial charge >= 0.3 is 0 Å². The lowest BCUT2D eigenvalue weighted by Gasteiger charge is -2.04. The Bertz CT molecular complexity index is 469. The van der Waals surface area contributed by atoms with E-state index >= 15 is 0 Å². The summed E-state index contributed by atoms with van der Waals surface area (Å²) in [6, 6.07) is 0. The van der Waals surface area contributed by atoms with E-state index in [0.717, 1.165) is 5.13 Å². The van der Waals surface area contributed by atoms with Gasteiger partial charge in [0.1, 0.15) is 5.15 Å².